The molecular weight excluding hydrogens is 370 g/mol. The van der Waals surface area contributed by atoms with Gasteiger partial charge in [-0.05, 0) is 25.7 Å². The van der Waals surface area contributed by atoms with Gasteiger partial charge in [-0.2, -0.15) is 18.2 Å². The van der Waals surface area contributed by atoms with E-state index in [2.05, 4.69) is 58.7 Å². The first-order valence-corrected chi connectivity index (χ1v) is 9.66. The second-order valence-electron chi connectivity index (χ2n) is 7.27. The van der Waals surface area contributed by atoms with Crippen molar-refractivity contribution >= 4 is 0 Å². The Morgan fingerprint density at radius 2 is 1.30 bits per heavy atom. The van der Waals surface area contributed by atoms with Gasteiger partial charge in [0.05, 0.1) is 0 Å². The smallest absolute Gasteiger partial charge is 0.454 e. The fourth-order valence-corrected chi connectivity index (χ4v) is 1.77. The van der Waals surface area contributed by atoms with Crippen LogP contribution >= 0.6 is 0 Å². The molecule has 0 amide bonds. The normalized spacial score (nSPS) is 10.1. The van der Waals surface area contributed by atoms with Crippen molar-refractivity contribution in [2.75, 3.05) is 13.2 Å². The molecule has 0 radical (unpaired) electrons. The van der Waals surface area contributed by atoms with Gasteiger partial charge in [0.2, 0.25) is 0 Å². The van der Waals surface area contributed by atoms with Crippen LogP contribution in [0.2, 0.25) is 0 Å². The van der Waals surface area contributed by atoms with Gasteiger partial charge in [0.25, 0.3) is 0 Å². The quantitative estimate of drug-likeness (QED) is 0.454. The number of rotatable bonds is 4. The molecule has 0 atom stereocenters. The number of aromatic amines is 1. The topological polar surface area (TPSA) is 56.2 Å². The van der Waals surface area contributed by atoms with Crippen molar-refractivity contribution in [1.29, 1.82) is 0 Å². The second kappa shape index (κ2) is 17.4. The van der Waals surface area contributed by atoms with Crippen LogP contribution in [0, 0.1) is 6.07 Å². The van der Waals surface area contributed by atoms with Gasteiger partial charge < -0.3 is 15.2 Å². The second-order valence-corrected chi connectivity index (χ2v) is 7.27. The maximum Gasteiger partial charge on any atom is 2.00 e. The average Bonchev–Trinajstić information content (AvgIpc) is 3.31. The first-order valence-electron chi connectivity index (χ1n) is 9.66. The molecular formula is C23H41NO2Ti. The first kappa shape index (κ1) is 31.0. The maximum atomic E-state index is 7.57. The molecule has 1 heterocycles. The van der Waals surface area contributed by atoms with Crippen molar-refractivity contribution in [3.8, 4) is 0 Å². The van der Waals surface area contributed by atoms with E-state index in [-0.39, 0.29) is 45.8 Å². The predicted octanol–water partition coefficient (Wildman–Crippen LogP) is 5.59. The minimum Gasteiger partial charge on any atom is -0.454 e. The van der Waals surface area contributed by atoms with Crippen molar-refractivity contribution in [3.05, 3.63) is 53.9 Å². The number of H-pyrrole nitrogens is 1. The molecule has 2 rings (SSSR count). The molecule has 154 valence electrons. The van der Waals surface area contributed by atoms with Gasteiger partial charge in [-0.25, -0.2) is 24.3 Å². The summed E-state index contributed by atoms with van der Waals surface area (Å²) in [4.78, 5) is 3.54. The molecule has 0 bridgehead atoms. The summed E-state index contributed by atoms with van der Waals surface area (Å²) in [5.74, 6) is 0. The minimum atomic E-state index is 0. The molecule has 4 heteroatoms. The van der Waals surface area contributed by atoms with Crippen LogP contribution in [-0.2, 0) is 32.5 Å². The van der Waals surface area contributed by atoms with Gasteiger partial charge in [-0.15, -0.1) is 5.69 Å². The molecule has 0 aliphatic heterocycles. The SMILES string of the molecule is CCC(C)(C)c1[c-]cc(C(C)(C)CC)[nH]1.CCO.CCO.[Ti+2].c1cc[cH-]c1. The molecule has 0 aliphatic rings. The third-order valence-electron chi connectivity index (χ3n) is 4.35. The molecule has 0 unspecified atom stereocenters. The number of nitrogens with one attached hydrogen (secondary N) is 1. The van der Waals surface area contributed by atoms with Crippen molar-refractivity contribution in [1.82, 2.24) is 4.98 Å². The largest absolute Gasteiger partial charge is 2.00 e. The Bertz CT molecular complexity index is 467. The van der Waals surface area contributed by atoms with Crippen molar-refractivity contribution in [3.63, 3.8) is 0 Å². The Balaban J connectivity index is -0.000000395. The zero-order valence-electron chi connectivity index (χ0n) is 18.7. The molecule has 0 fully saturated rings. The van der Waals surface area contributed by atoms with Crippen molar-refractivity contribution < 1.29 is 31.9 Å². The van der Waals surface area contributed by atoms with Crippen LogP contribution in [0.3, 0.4) is 0 Å². The number of hydrogen-bond donors (Lipinski definition) is 3. The maximum absolute atomic E-state index is 7.57. The summed E-state index contributed by atoms with van der Waals surface area (Å²) >= 11 is 0. The fourth-order valence-electron chi connectivity index (χ4n) is 1.77. The number of aromatic nitrogens is 1. The Labute approximate surface area is 182 Å². The van der Waals surface area contributed by atoms with Crippen LogP contribution in [-0.4, -0.2) is 28.4 Å². The summed E-state index contributed by atoms with van der Waals surface area (Å²) in [7, 11) is 0. The predicted molar refractivity (Wildman–Crippen MR) is 114 cm³/mol. The molecule has 27 heavy (non-hydrogen) atoms. The zero-order chi connectivity index (χ0) is 20.6. The Hall–Kier alpha value is -0.736. The van der Waals surface area contributed by atoms with Gasteiger partial charge in [0, 0.05) is 13.2 Å². The van der Waals surface area contributed by atoms with Gasteiger partial charge in [0.15, 0.2) is 0 Å². The first-order chi connectivity index (χ1) is 12.2. The number of aliphatic hydroxyl groups is 2. The summed E-state index contributed by atoms with van der Waals surface area (Å²) in [5, 5.41) is 15.1. The van der Waals surface area contributed by atoms with E-state index >= 15 is 0 Å². The fraction of sp³-hybridized carbons (Fsp3) is 0.609. The van der Waals surface area contributed by atoms with E-state index in [0.717, 1.165) is 12.8 Å². The molecule has 2 aromatic rings. The molecule has 3 nitrogen and oxygen atoms in total. The van der Waals surface area contributed by atoms with E-state index in [1.54, 1.807) is 13.8 Å². The van der Waals surface area contributed by atoms with E-state index in [1.165, 1.54) is 11.4 Å². The Morgan fingerprint density at radius 1 is 0.889 bits per heavy atom. The van der Waals surface area contributed by atoms with Gasteiger partial charge in [0.1, 0.15) is 0 Å². The molecule has 0 saturated carbocycles. The van der Waals surface area contributed by atoms with Crippen molar-refractivity contribution in [2.45, 2.75) is 79.1 Å². The van der Waals surface area contributed by atoms with Gasteiger partial charge in [-0.3, -0.25) is 0 Å². The van der Waals surface area contributed by atoms with E-state index in [9.17, 15) is 0 Å². The van der Waals surface area contributed by atoms with Crippen molar-refractivity contribution in [2.24, 2.45) is 0 Å². The summed E-state index contributed by atoms with van der Waals surface area (Å²) in [6, 6.07) is 15.5. The molecule has 1 aromatic carbocycles. The van der Waals surface area contributed by atoms with Gasteiger partial charge in [-0.1, -0.05) is 59.1 Å². The summed E-state index contributed by atoms with van der Waals surface area (Å²) in [6.45, 7) is 17.4. The zero-order valence-corrected chi connectivity index (χ0v) is 20.2. The monoisotopic (exact) mass is 411 g/mol. The molecule has 1 aromatic heterocycles. The molecule has 0 saturated heterocycles. The summed E-state index contributed by atoms with van der Waals surface area (Å²) < 4.78 is 0. The van der Waals surface area contributed by atoms with Crippen LogP contribution in [0.15, 0.2) is 36.4 Å². The third kappa shape index (κ3) is 14.0. The molecule has 0 aliphatic carbocycles. The number of hydrogen-bond acceptors (Lipinski definition) is 2. The number of aliphatic hydroxyl groups excluding tert-OH is 2. The summed E-state index contributed by atoms with van der Waals surface area (Å²) in [5.41, 5.74) is 2.99. The Morgan fingerprint density at radius 3 is 1.59 bits per heavy atom. The van der Waals surface area contributed by atoms with Crippen LogP contribution in [0.4, 0.5) is 0 Å². The van der Waals surface area contributed by atoms with Crippen LogP contribution < -0.4 is 0 Å². The molecule has 0 spiro atoms. The van der Waals surface area contributed by atoms with E-state index in [4.69, 9.17) is 10.2 Å². The van der Waals surface area contributed by atoms with Crippen LogP contribution in [0.25, 0.3) is 0 Å². The standard InChI is InChI=1S/C14H24N.C5H5.2C2H6O.Ti/c1-7-13(3,4)11-9-10-12(15-11)14(5,6)8-2;1-2-4-5-3-1;2*1-2-3;/h9,15H,7-8H2,1-6H3;1-5H;2*3H,2H2,1H3;/q2*-1;;;+2. The van der Waals surface area contributed by atoms with Gasteiger partial charge >= 0.3 is 21.7 Å². The minimum absolute atomic E-state index is 0. The van der Waals surface area contributed by atoms with E-state index in [0.29, 0.717) is 0 Å². The molecule has 3 N–H and O–H groups in total. The average molecular weight is 411 g/mol. The van der Waals surface area contributed by atoms with Crippen LogP contribution in [0.5, 0.6) is 0 Å². The third-order valence-corrected chi connectivity index (χ3v) is 4.35. The Kier molecular flexibility index (Phi) is 19.9. The van der Waals surface area contributed by atoms with Crippen LogP contribution in [0.1, 0.15) is 79.6 Å². The van der Waals surface area contributed by atoms with E-state index < -0.39 is 0 Å². The van der Waals surface area contributed by atoms with E-state index in [1.807, 2.05) is 30.3 Å². The summed E-state index contributed by atoms with van der Waals surface area (Å²) in [6.07, 6.45) is 2.28.